The van der Waals surface area contributed by atoms with Crippen LogP contribution in [0.15, 0.2) is 67.0 Å². The number of aromatic amines is 1. The maximum Gasteiger partial charge on any atom is 0.417 e. The first-order chi connectivity index (χ1) is 13.4. The van der Waals surface area contributed by atoms with Crippen LogP contribution in [0.1, 0.15) is 16.1 Å². The summed E-state index contributed by atoms with van der Waals surface area (Å²) in [6.07, 6.45) is -2.36. The van der Waals surface area contributed by atoms with Gasteiger partial charge in [0.25, 0.3) is 5.91 Å². The van der Waals surface area contributed by atoms with Gasteiger partial charge in [-0.2, -0.15) is 18.3 Å². The van der Waals surface area contributed by atoms with Gasteiger partial charge in [-0.3, -0.25) is 14.9 Å². The van der Waals surface area contributed by atoms with Crippen molar-refractivity contribution in [3.8, 4) is 11.1 Å². The molecule has 0 atom stereocenters. The van der Waals surface area contributed by atoms with Gasteiger partial charge < -0.3 is 5.32 Å². The molecule has 0 fully saturated rings. The summed E-state index contributed by atoms with van der Waals surface area (Å²) in [6.45, 7) is 0. The molecule has 2 aromatic heterocycles. The van der Waals surface area contributed by atoms with Gasteiger partial charge in [0.1, 0.15) is 0 Å². The van der Waals surface area contributed by atoms with E-state index in [1.807, 2.05) is 6.07 Å². The Bertz CT molecular complexity index is 1150. The molecule has 8 heteroatoms. The summed E-state index contributed by atoms with van der Waals surface area (Å²) in [5.41, 5.74) is 1.33. The Morgan fingerprint density at radius 2 is 1.75 bits per heavy atom. The van der Waals surface area contributed by atoms with Crippen molar-refractivity contribution in [2.75, 3.05) is 5.32 Å². The molecule has 0 saturated heterocycles. The van der Waals surface area contributed by atoms with Crippen LogP contribution in [0.2, 0.25) is 0 Å². The largest absolute Gasteiger partial charge is 0.417 e. The molecular formula is C20H13F3N4O. The third-order valence-electron chi connectivity index (χ3n) is 4.21. The molecular weight excluding hydrogens is 369 g/mol. The van der Waals surface area contributed by atoms with Crippen molar-refractivity contribution in [1.82, 2.24) is 15.2 Å². The molecule has 2 N–H and O–H groups in total. The van der Waals surface area contributed by atoms with Crippen LogP contribution in [0, 0.1) is 0 Å². The molecule has 1 amide bonds. The zero-order chi connectivity index (χ0) is 19.7. The summed E-state index contributed by atoms with van der Waals surface area (Å²) in [5, 5.41) is 10.1. The highest BCUT2D eigenvalue weighted by Gasteiger charge is 2.31. The number of benzene rings is 2. The number of alkyl halides is 3. The van der Waals surface area contributed by atoms with Crippen LogP contribution < -0.4 is 5.32 Å². The number of carbonyl (C=O) groups excluding carboxylic acids is 1. The Hall–Kier alpha value is -3.68. The Morgan fingerprint density at radius 3 is 2.50 bits per heavy atom. The van der Waals surface area contributed by atoms with Crippen LogP contribution in [0.3, 0.4) is 0 Å². The van der Waals surface area contributed by atoms with Gasteiger partial charge in [0.05, 0.1) is 11.1 Å². The van der Waals surface area contributed by atoms with Crippen molar-refractivity contribution in [3.63, 3.8) is 0 Å². The lowest BCUT2D eigenvalue weighted by Gasteiger charge is -2.08. The quantitative estimate of drug-likeness (QED) is 0.530. The lowest BCUT2D eigenvalue weighted by atomic mass is 10.0. The van der Waals surface area contributed by atoms with E-state index < -0.39 is 17.6 Å². The number of rotatable bonds is 3. The molecule has 0 saturated carbocycles. The van der Waals surface area contributed by atoms with Crippen LogP contribution >= 0.6 is 0 Å². The number of H-pyrrole nitrogens is 1. The average Bonchev–Trinajstić information content (AvgIpc) is 3.11. The zero-order valence-electron chi connectivity index (χ0n) is 14.3. The minimum Gasteiger partial charge on any atom is -0.321 e. The molecule has 2 heterocycles. The number of carbonyl (C=O) groups is 1. The van der Waals surface area contributed by atoms with Gasteiger partial charge in [0.15, 0.2) is 5.69 Å². The fourth-order valence-corrected chi connectivity index (χ4v) is 2.83. The Balaban J connectivity index is 1.72. The standard InChI is InChI=1S/C20H13F3N4O/c21-20(22,23)14-8-13(10-24-11-14)12-6-7-17-16(9-12)18(27-26-17)19(28)25-15-4-2-1-3-5-15/h1-11H,(H,25,28)(H,26,27). The second-order valence-electron chi connectivity index (χ2n) is 6.11. The molecule has 28 heavy (non-hydrogen) atoms. The molecule has 0 aliphatic rings. The van der Waals surface area contributed by atoms with Gasteiger partial charge in [-0.15, -0.1) is 0 Å². The minimum atomic E-state index is -4.48. The van der Waals surface area contributed by atoms with E-state index in [-0.39, 0.29) is 5.69 Å². The second kappa shape index (κ2) is 6.80. The van der Waals surface area contributed by atoms with Crippen molar-refractivity contribution in [1.29, 1.82) is 0 Å². The molecule has 5 nitrogen and oxygen atoms in total. The number of halogens is 3. The lowest BCUT2D eigenvalue weighted by Crippen LogP contribution is -2.12. The van der Waals surface area contributed by atoms with E-state index in [0.717, 1.165) is 12.3 Å². The van der Waals surface area contributed by atoms with E-state index in [1.54, 1.807) is 42.5 Å². The number of hydrogen-bond donors (Lipinski definition) is 2. The van der Waals surface area contributed by atoms with E-state index in [4.69, 9.17) is 0 Å². The maximum atomic E-state index is 13.0. The molecule has 140 valence electrons. The topological polar surface area (TPSA) is 70.7 Å². The smallest absolute Gasteiger partial charge is 0.321 e. The van der Waals surface area contributed by atoms with Crippen molar-refractivity contribution in [2.24, 2.45) is 0 Å². The highest BCUT2D eigenvalue weighted by atomic mass is 19.4. The molecule has 2 aromatic carbocycles. The van der Waals surface area contributed by atoms with E-state index >= 15 is 0 Å². The highest BCUT2D eigenvalue weighted by Crippen LogP contribution is 2.32. The fourth-order valence-electron chi connectivity index (χ4n) is 2.83. The Labute approximate surface area is 157 Å². The first-order valence-corrected chi connectivity index (χ1v) is 8.29. The number of nitrogens with zero attached hydrogens (tertiary/aromatic N) is 2. The van der Waals surface area contributed by atoms with Gasteiger partial charge in [0.2, 0.25) is 0 Å². The summed E-state index contributed by atoms with van der Waals surface area (Å²) >= 11 is 0. The molecule has 4 rings (SSSR count). The fraction of sp³-hybridized carbons (Fsp3) is 0.0500. The number of aromatic nitrogens is 3. The predicted octanol–water partition coefficient (Wildman–Crippen LogP) is 4.90. The van der Waals surface area contributed by atoms with E-state index in [9.17, 15) is 18.0 Å². The maximum absolute atomic E-state index is 13.0. The number of hydrogen-bond acceptors (Lipinski definition) is 3. The predicted molar refractivity (Wildman–Crippen MR) is 98.7 cm³/mol. The molecule has 0 aliphatic carbocycles. The number of nitrogens with one attached hydrogen (secondary N) is 2. The van der Waals surface area contributed by atoms with Crippen LogP contribution in [0.4, 0.5) is 18.9 Å². The summed E-state index contributed by atoms with van der Waals surface area (Å²) in [5.74, 6) is -0.420. The molecule has 0 bridgehead atoms. The molecule has 0 spiro atoms. The van der Waals surface area contributed by atoms with Crippen molar-refractivity contribution < 1.29 is 18.0 Å². The van der Waals surface area contributed by atoms with Gasteiger partial charge >= 0.3 is 6.18 Å². The number of pyridine rings is 1. The van der Waals surface area contributed by atoms with Crippen LogP contribution in [-0.2, 0) is 6.18 Å². The number of fused-ring (bicyclic) bond motifs is 1. The SMILES string of the molecule is O=C(Nc1ccccc1)c1n[nH]c2ccc(-c3cncc(C(F)(F)F)c3)cc12. The van der Waals surface area contributed by atoms with Crippen LogP contribution in [0.5, 0.6) is 0 Å². The van der Waals surface area contributed by atoms with Gasteiger partial charge in [0, 0.05) is 29.0 Å². The summed E-state index contributed by atoms with van der Waals surface area (Å²) in [4.78, 5) is 16.3. The zero-order valence-corrected chi connectivity index (χ0v) is 14.3. The third kappa shape index (κ3) is 3.44. The molecule has 0 unspecified atom stereocenters. The monoisotopic (exact) mass is 382 g/mol. The number of anilines is 1. The van der Waals surface area contributed by atoms with E-state index in [0.29, 0.717) is 27.7 Å². The van der Waals surface area contributed by atoms with E-state index in [1.165, 1.54) is 6.20 Å². The van der Waals surface area contributed by atoms with Crippen LogP contribution in [0.25, 0.3) is 22.0 Å². The molecule has 0 aliphatic heterocycles. The van der Waals surface area contributed by atoms with Crippen molar-refractivity contribution in [2.45, 2.75) is 6.18 Å². The summed E-state index contributed by atoms with van der Waals surface area (Å²) in [7, 11) is 0. The highest BCUT2D eigenvalue weighted by molar-refractivity contribution is 6.11. The van der Waals surface area contributed by atoms with Crippen molar-refractivity contribution >= 4 is 22.5 Å². The lowest BCUT2D eigenvalue weighted by molar-refractivity contribution is -0.137. The summed E-state index contributed by atoms with van der Waals surface area (Å²) < 4.78 is 38.9. The van der Waals surface area contributed by atoms with Gasteiger partial charge in [-0.05, 0) is 35.9 Å². The number of para-hydroxylation sites is 1. The Kier molecular flexibility index (Phi) is 4.31. The van der Waals surface area contributed by atoms with Gasteiger partial charge in [-0.1, -0.05) is 24.3 Å². The molecule has 0 radical (unpaired) electrons. The van der Waals surface area contributed by atoms with Crippen molar-refractivity contribution in [3.05, 3.63) is 78.2 Å². The number of amides is 1. The average molecular weight is 382 g/mol. The van der Waals surface area contributed by atoms with Crippen LogP contribution in [-0.4, -0.2) is 21.1 Å². The second-order valence-corrected chi connectivity index (χ2v) is 6.11. The normalized spacial score (nSPS) is 11.5. The first kappa shape index (κ1) is 17.7. The van der Waals surface area contributed by atoms with E-state index in [2.05, 4.69) is 20.5 Å². The molecule has 4 aromatic rings. The first-order valence-electron chi connectivity index (χ1n) is 8.29. The summed E-state index contributed by atoms with van der Waals surface area (Å²) in [6, 6.07) is 14.9. The van der Waals surface area contributed by atoms with Gasteiger partial charge in [-0.25, -0.2) is 0 Å². The third-order valence-corrected chi connectivity index (χ3v) is 4.21. The Morgan fingerprint density at radius 1 is 0.964 bits per heavy atom. The minimum absolute atomic E-state index is 0.153.